The molecular formula is C30H40N2O6. The quantitative estimate of drug-likeness (QED) is 0.203. The predicted octanol–water partition coefficient (Wildman–Crippen LogP) is 6.03. The lowest BCUT2D eigenvalue weighted by atomic mass is 10.00. The second-order valence-corrected chi connectivity index (χ2v) is 10.1. The molecule has 0 saturated heterocycles. The largest absolute Gasteiger partial charge is 0.493 e. The van der Waals surface area contributed by atoms with Crippen molar-refractivity contribution in [3.63, 3.8) is 0 Å². The minimum atomic E-state index is -0.532. The van der Waals surface area contributed by atoms with Crippen molar-refractivity contribution in [1.29, 1.82) is 0 Å². The van der Waals surface area contributed by atoms with Crippen LogP contribution >= 0.6 is 0 Å². The fraction of sp³-hybridized carbons (Fsp3) is 0.467. The molecule has 2 aromatic carbocycles. The van der Waals surface area contributed by atoms with Crippen molar-refractivity contribution in [3.05, 3.63) is 71.1 Å². The van der Waals surface area contributed by atoms with Gasteiger partial charge in [-0.3, -0.25) is 5.32 Å². The highest BCUT2D eigenvalue weighted by Crippen LogP contribution is 2.30. The number of hydrogen-bond donors (Lipinski definition) is 1. The van der Waals surface area contributed by atoms with E-state index in [0.717, 1.165) is 41.2 Å². The zero-order chi connectivity index (χ0) is 27.4. The van der Waals surface area contributed by atoms with E-state index in [0.29, 0.717) is 32.8 Å². The van der Waals surface area contributed by atoms with Gasteiger partial charge in [0.15, 0.2) is 0 Å². The van der Waals surface area contributed by atoms with Crippen LogP contribution in [0.1, 0.15) is 49.8 Å². The van der Waals surface area contributed by atoms with Gasteiger partial charge in [-0.25, -0.2) is 4.79 Å². The van der Waals surface area contributed by atoms with Gasteiger partial charge in [0, 0.05) is 18.9 Å². The first kappa shape index (κ1) is 29.2. The summed E-state index contributed by atoms with van der Waals surface area (Å²) in [5.74, 6) is 1.79. The van der Waals surface area contributed by atoms with Gasteiger partial charge in [-0.05, 0) is 75.4 Å². The van der Waals surface area contributed by atoms with Gasteiger partial charge in [0.25, 0.3) is 0 Å². The Labute approximate surface area is 225 Å². The average Bonchev–Trinajstić information content (AvgIpc) is 3.31. The second kappa shape index (κ2) is 14.5. The van der Waals surface area contributed by atoms with E-state index < -0.39 is 11.7 Å². The minimum Gasteiger partial charge on any atom is -0.493 e. The van der Waals surface area contributed by atoms with Crippen LogP contribution in [-0.4, -0.2) is 50.0 Å². The number of aromatic nitrogens is 1. The smallest absolute Gasteiger partial charge is 0.409 e. The number of carbonyl (C=O) groups excluding carboxylic acids is 1. The number of hydrogen-bond acceptors (Lipinski definition) is 7. The van der Waals surface area contributed by atoms with E-state index in [1.807, 2.05) is 32.9 Å². The van der Waals surface area contributed by atoms with Crippen molar-refractivity contribution in [2.75, 3.05) is 33.2 Å². The first-order chi connectivity index (χ1) is 18.2. The van der Waals surface area contributed by atoms with Crippen molar-refractivity contribution in [1.82, 2.24) is 10.5 Å². The summed E-state index contributed by atoms with van der Waals surface area (Å²) in [6, 6.07) is 16.7. The third-order valence-corrected chi connectivity index (χ3v) is 5.58. The Morgan fingerprint density at radius 2 is 1.61 bits per heavy atom. The number of ether oxygens (including phenoxy) is 4. The Bertz CT molecular complexity index is 1110. The first-order valence-corrected chi connectivity index (χ1v) is 13.1. The van der Waals surface area contributed by atoms with E-state index in [2.05, 4.69) is 60.7 Å². The summed E-state index contributed by atoms with van der Waals surface area (Å²) >= 11 is 0. The van der Waals surface area contributed by atoms with E-state index >= 15 is 0 Å². The maximum absolute atomic E-state index is 11.5. The molecular weight excluding hydrogens is 484 g/mol. The summed E-state index contributed by atoms with van der Waals surface area (Å²) in [5, 5.41) is 6.66. The monoisotopic (exact) mass is 524 g/mol. The molecule has 0 aliphatic carbocycles. The van der Waals surface area contributed by atoms with Gasteiger partial charge in [-0.2, -0.15) is 0 Å². The molecule has 0 spiro atoms. The van der Waals surface area contributed by atoms with Crippen LogP contribution in [0.4, 0.5) is 4.79 Å². The maximum Gasteiger partial charge on any atom is 0.409 e. The molecule has 1 N–H and O–H groups in total. The highest BCUT2D eigenvalue weighted by Gasteiger charge is 2.15. The van der Waals surface area contributed by atoms with E-state index in [-0.39, 0.29) is 6.73 Å². The van der Waals surface area contributed by atoms with Gasteiger partial charge < -0.3 is 23.5 Å². The molecule has 0 bridgehead atoms. The SMILES string of the molecule is Cc1cc(-c2ccccc2)cc(C)c1OCCCc1cc(CCOCCOCNC(=O)OC(C)(C)C)no1. The topological polar surface area (TPSA) is 92.0 Å². The highest BCUT2D eigenvalue weighted by molar-refractivity contribution is 5.67. The molecule has 3 rings (SSSR count). The van der Waals surface area contributed by atoms with Crippen molar-refractivity contribution < 1.29 is 28.3 Å². The summed E-state index contributed by atoms with van der Waals surface area (Å²) in [5.41, 5.74) is 5.00. The average molecular weight is 525 g/mol. The van der Waals surface area contributed by atoms with Gasteiger partial charge in [0.2, 0.25) is 0 Å². The van der Waals surface area contributed by atoms with Gasteiger partial charge in [0.1, 0.15) is 23.8 Å². The van der Waals surface area contributed by atoms with Crippen LogP contribution in [0, 0.1) is 13.8 Å². The lowest BCUT2D eigenvalue weighted by Crippen LogP contribution is -2.34. The molecule has 3 aromatic rings. The van der Waals surface area contributed by atoms with Crippen molar-refractivity contribution >= 4 is 6.09 Å². The number of nitrogens with one attached hydrogen (secondary N) is 1. The van der Waals surface area contributed by atoms with E-state index in [1.54, 1.807) is 0 Å². The molecule has 38 heavy (non-hydrogen) atoms. The number of alkyl carbamates (subject to hydrolysis) is 1. The van der Waals surface area contributed by atoms with Gasteiger partial charge in [-0.15, -0.1) is 0 Å². The molecule has 1 heterocycles. The summed E-state index contributed by atoms with van der Waals surface area (Å²) in [4.78, 5) is 11.5. The fourth-order valence-electron chi connectivity index (χ4n) is 3.88. The van der Waals surface area contributed by atoms with E-state index in [4.69, 9.17) is 23.5 Å². The maximum atomic E-state index is 11.5. The molecule has 0 atom stereocenters. The number of rotatable bonds is 14. The van der Waals surface area contributed by atoms with Crippen LogP contribution in [0.3, 0.4) is 0 Å². The first-order valence-electron chi connectivity index (χ1n) is 13.1. The van der Waals surface area contributed by atoms with Crippen LogP contribution in [0.25, 0.3) is 11.1 Å². The summed E-state index contributed by atoms with van der Waals surface area (Å²) in [6.45, 7) is 11.6. The predicted molar refractivity (Wildman–Crippen MR) is 146 cm³/mol. The normalized spacial score (nSPS) is 11.4. The number of amides is 1. The third-order valence-electron chi connectivity index (χ3n) is 5.58. The Hall–Kier alpha value is -3.36. The van der Waals surface area contributed by atoms with Crippen LogP contribution in [0.5, 0.6) is 5.75 Å². The Morgan fingerprint density at radius 1 is 0.895 bits per heavy atom. The number of nitrogens with zero attached hydrogens (tertiary/aromatic N) is 1. The number of aryl methyl sites for hydroxylation is 3. The molecule has 0 saturated carbocycles. The third kappa shape index (κ3) is 10.2. The number of carbonyl (C=O) groups is 1. The molecule has 1 aromatic heterocycles. The van der Waals surface area contributed by atoms with Crippen LogP contribution < -0.4 is 10.1 Å². The zero-order valence-electron chi connectivity index (χ0n) is 23.2. The zero-order valence-corrected chi connectivity index (χ0v) is 23.2. The Morgan fingerprint density at radius 3 is 2.32 bits per heavy atom. The highest BCUT2D eigenvalue weighted by atomic mass is 16.6. The molecule has 0 unspecified atom stereocenters. The summed E-state index contributed by atoms with van der Waals surface area (Å²) in [7, 11) is 0. The lowest BCUT2D eigenvalue weighted by Gasteiger charge is -2.19. The van der Waals surface area contributed by atoms with E-state index in [9.17, 15) is 4.79 Å². The van der Waals surface area contributed by atoms with Crippen LogP contribution in [0.15, 0.2) is 53.1 Å². The van der Waals surface area contributed by atoms with Crippen LogP contribution in [0.2, 0.25) is 0 Å². The molecule has 0 fully saturated rings. The number of benzene rings is 2. The van der Waals surface area contributed by atoms with E-state index in [1.165, 1.54) is 11.1 Å². The van der Waals surface area contributed by atoms with Crippen molar-refractivity contribution in [3.8, 4) is 16.9 Å². The van der Waals surface area contributed by atoms with Crippen LogP contribution in [-0.2, 0) is 27.1 Å². The molecule has 0 radical (unpaired) electrons. The second-order valence-electron chi connectivity index (χ2n) is 10.1. The van der Waals surface area contributed by atoms with Gasteiger partial charge in [-0.1, -0.05) is 35.5 Å². The summed E-state index contributed by atoms with van der Waals surface area (Å²) in [6.07, 6.45) is 1.74. The van der Waals surface area contributed by atoms with Crippen molar-refractivity contribution in [2.45, 2.75) is 59.5 Å². The minimum absolute atomic E-state index is 0.0762. The lowest BCUT2D eigenvalue weighted by molar-refractivity contribution is 0.0231. The molecule has 0 aliphatic heterocycles. The fourth-order valence-corrected chi connectivity index (χ4v) is 3.88. The molecule has 206 valence electrons. The molecule has 8 nitrogen and oxygen atoms in total. The molecule has 0 aliphatic rings. The Kier molecular flexibility index (Phi) is 11.2. The standard InChI is InChI=1S/C30H40N2O6/c1-22-18-25(24-10-7-6-8-11-24)19-23(2)28(22)36-14-9-12-27-20-26(32-38-27)13-15-34-16-17-35-21-31-29(33)37-30(3,4)5/h6-8,10-11,18-20H,9,12-17,21H2,1-5H3,(H,31,33). The summed E-state index contributed by atoms with van der Waals surface area (Å²) < 4.78 is 27.6. The van der Waals surface area contributed by atoms with Gasteiger partial charge >= 0.3 is 6.09 Å². The Balaban J connectivity index is 1.28. The van der Waals surface area contributed by atoms with Crippen molar-refractivity contribution in [2.24, 2.45) is 0 Å². The molecule has 8 heteroatoms. The molecule has 1 amide bonds. The van der Waals surface area contributed by atoms with Gasteiger partial charge in [0.05, 0.1) is 32.1 Å².